The molecule has 1 heterocycles. The average molecular weight is 384 g/mol. The van der Waals surface area contributed by atoms with Gasteiger partial charge in [0.1, 0.15) is 0 Å². The van der Waals surface area contributed by atoms with Crippen LogP contribution < -0.4 is 0 Å². The van der Waals surface area contributed by atoms with Gasteiger partial charge in [-0.3, -0.25) is 0 Å². The van der Waals surface area contributed by atoms with Gasteiger partial charge in [0, 0.05) is 19.0 Å². The first-order valence-corrected chi connectivity index (χ1v) is 10.5. The third-order valence-corrected chi connectivity index (χ3v) is 6.41. The lowest BCUT2D eigenvalue weighted by molar-refractivity contribution is -0.145. The van der Waals surface area contributed by atoms with Crippen molar-refractivity contribution >= 4 is 0 Å². The van der Waals surface area contributed by atoms with E-state index in [4.69, 9.17) is 4.74 Å². The van der Waals surface area contributed by atoms with E-state index in [9.17, 15) is 13.2 Å². The molecule has 0 atom stereocenters. The molecule has 3 nitrogen and oxygen atoms in total. The van der Waals surface area contributed by atoms with Crippen LogP contribution in [0.3, 0.4) is 0 Å². The molecule has 1 aromatic heterocycles. The molecule has 0 saturated heterocycles. The molecule has 0 unspecified atom stereocenters. The molecule has 0 N–H and O–H groups in total. The third-order valence-electron chi connectivity index (χ3n) is 6.41. The van der Waals surface area contributed by atoms with E-state index < -0.39 is 12.0 Å². The lowest BCUT2D eigenvalue weighted by Crippen LogP contribution is -2.28. The lowest BCUT2D eigenvalue weighted by Gasteiger charge is -2.37. The highest BCUT2D eigenvalue weighted by molar-refractivity contribution is 5.13. The summed E-state index contributed by atoms with van der Waals surface area (Å²) in [5.74, 6) is 0.809. The predicted molar refractivity (Wildman–Crippen MR) is 98.3 cm³/mol. The number of alkyl halides is 3. The largest absolute Gasteiger partial charge is 0.451 e. The van der Waals surface area contributed by atoms with Crippen molar-refractivity contribution in [2.75, 3.05) is 6.61 Å². The van der Waals surface area contributed by atoms with Gasteiger partial charge in [-0.1, -0.05) is 13.3 Å². The highest BCUT2D eigenvalue weighted by Gasteiger charge is 2.35. The molecule has 1 aromatic rings. The Kier molecular flexibility index (Phi) is 7.12. The van der Waals surface area contributed by atoms with E-state index in [1.165, 1.54) is 44.5 Å². The Morgan fingerprint density at radius 2 is 1.48 bits per heavy atom. The molecule has 0 aromatic carbocycles. The predicted octanol–water partition coefficient (Wildman–Crippen LogP) is 6.14. The Balaban J connectivity index is 1.43. The molecule has 2 aliphatic rings. The van der Waals surface area contributed by atoms with Crippen molar-refractivity contribution in [3.05, 3.63) is 23.8 Å². The molecule has 2 aliphatic carbocycles. The van der Waals surface area contributed by atoms with E-state index in [-0.39, 0.29) is 0 Å². The summed E-state index contributed by atoms with van der Waals surface area (Å²) in [7, 11) is 0. The molecule has 6 heteroatoms. The zero-order valence-electron chi connectivity index (χ0n) is 16.2. The van der Waals surface area contributed by atoms with E-state index in [0.717, 1.165) is 56.1 Å². The molecular weight excluding hydrogens is 353 g/mol. The Bertz CT molecular complexity index is 560. The molecule has 152 valence electrons. The van der Waals surface area contributed by atoms with Gasteiger partial charge in [0.05, 0.1) is 6.10 Å². The molecule has 0 radical (unpaired) electrons. The summed E-state index contributed by atoms with van der Waals surface area (Å²) in [6.07, 6.45) is 10.4. The third kappa shape index (κ3) is 5.66. The van der Waals surface area contributed by atoms with E-state index in [2.05, 4.69) is 16.9 Å². The molecule has 2 fully saturated rings. The van der Waals surface area contributed by atoms with Crippen LogP contribution in [-0.4, -0.2) is 22.7 Å². The Labute approximate surface area is 160 Å². The molecule has 0 spiro atoms. The average Bonchev–Trinajstić information content (AvgIpc) is 2.68. The van der Waals surface area contributed by atoms with Gasteiger partial charge >= 0.3 is 6.18 Å². The summed E-state index contributed by atoms with van der Waals surface area (Å²) < 4.78 is 43.8. The van der Waals surface area contributed by atoms with Crippen molar-refractivity contribution in [3.63, 3.8) is 0 Å². The first-order valence-electron chi connectivity index (χ1n) is 10.5. The molecule has 3 rings (SSSR count). The number of unbranched alkanes of at least 4 members (excludes halogenated alkanes) is 1. The molecule has 0 amide bonds. The summed E-state index contributed by atoms with van der Waals surface area (Å²) >= 11 is 0. The fourth-order valence-electron chi connectivity index (χ4n) is 4.74. The number of rotatable bonds is 6. The number of halogens is 3. The molecule has 0 aliphatic heterocycles. The fraction of sp³-hybridized carbons (Fsp3) is 0.810. The van der Waals surface area contributed by atoms with Crippen LogP contribution in [0.1, 0.15) is 88.4 Å². The molecular formula is C21H31F3N2O. The van der Waals surface area contributed by atoms with E-state index in [1.54, 1.807) is 0 Å². The van der Waals surface area contributed by atoms with Crippen molar-refractivity contribution in [3.8, 4) is 0 Å². The van der Waals surface area contributed by atoms with Crippen LogP contribution in [0, 0.1) is 11.8 Å². The molecule has 2 saturated carbocycles. The zero-order chi connectivity index (χ0) is 19.3. The summed E-state index contributed by atoms with van der Waals surface area (Å²) in [6, 6.07) is 0. The van der Waals surface area contributed by atoms with Crippen LogP contribution in [0.25, 0.3) is 0 Å². The number of ether oxygens (including phenoxy) is 1. The maximum Gasteiger partial charge on any atom is 0.451 e. The van der Waals surface area contributed by atoms with Crippen molar-refractivity contribution in [2.24, 2.45) is 11.8 Å². The number of hydrogen-bond acceptors (Lipinski definition) is 3. The number of aromatic nitrogens is 2. The Morgan fingerprint density at radius 1 is 0.926 bits per heavy atom. The first-order chi connectivity index (χ1) is 13.0. The highest BCUT2D eigenvalue weighted by atomic mass is 19.4. The fourth-order valence-corrected chi connectivity index (χ4v) is 4.74. The van der Waals surface area contributed by atoms with Crippen LogP contribution in [0.15, 0.2) is 12.4 Å². The topological polar surface area (TPSA) is 35.0 Å². The highest BCUT2D eigenvalue weighted by Crippen LogP contribution is 2.43. The van der Waals surface area contributed by atoms with Gasteiger partial charge in [-0.2, -0.15) is 13.2 Å². The van der Waals surface area contributed by atoms with Crippen molar-refractivity contribution in [1.29, 1.82) is 0 Å². The van der Waals surface area contributed by atoms with E-state index >= 15 is 0 Å². The maximum absolute atomic E-state index is 12.6. The van der Waals surface area contributed by atoms with Crippen LogP contribution >= 0.6 is 0 Å². The van der Waals surface area contributed by atoms with Gasteiger partial charge in [-0.15, -0.1) is 0 Å². The normalized spacial score (nSPS) is 29.6. The van der Waals surface area contributed by atoms with Gasteiger partial charge in [-0.05, 0) is 81.1 Å². The first kappa shape index (κ1) is 20.6. The number of nitrogens with zero attached hydrogens (tertiary/aromatic N) is 2. The minimum Gasteiger partial charge on any atom is -0.378 e. The second-order valence-electron chi connectivity index (χ2n) is 8.21. The smallest absolute Gasteiger partial charge is 0.378 e. The summed E-state index contributed by atoms with van der Waals surface area (Å²) in [5, 5.41) is 0. The van der Waals surface area contributed by atoms with Gasteiger partial charge in [0.15, 0.2) is 0 Å². The zero-order valence-corrected chi connectivity index (χ0v) is 16.2. The van der Waals surface area contributed by atoms with Crippen LogP contribution in [0.4, 0.5) is 13.2 Å². The van der Waals surface area contributed by atoms with E-state index in [0.29, 0.717) is 12.0 Å². The lowest BCUT2D eigenvalue weighted by atomic mass is 9.70. The van der Waals surface area contributed by atoms with Gasteiger partial charge < -0.3 is 4.74 Å². The maximum atomic E-state index is 12.6. The van der Waals surface area contributed by atoms with Crippen molar-refractivity contribution < 1.29 is 17.9 Å². The summed E-state index contributed by atoms with van der Waals surface area (Å²) in [4.78, 5) is 7.05. The quantitative estimate of drug-likeness (QED) is 0.552. The van der Waals surface area contributed by atoms with Crippen molar-refractivity contribution in [2.45, 2.75) is 89.3 Å². The standard InChI is InChI=1S/C21H31F3N2O/c1-2-3-12-27-19-10-8-16(9-11-19)15-4-6-17(7-5-15)18-13-25-20(26-14-18)21(22,23)24/h13-17,19H,2-12H2,1H3. The van der Waals surface area contributed by atoms with Gasteiger partial charge in [0.2, 0.25) is 5.82 Å². The van der Waals surface area contributed by atoms with Crippen molar-refractivity contribution in [1.82, 2.24) is 9.97 Å². The minimum absolute atomic E-state index is 0.303. The second-order valence-corrected chi connectivity index (χ2v) is 8.21. The van der Waals surface area contributed by atoms with Gasteiger partial charge in [-0.25, -0.2) is 9.97 Å². The minimum atomic E-state index is -4.46. The summed E-state index contributed by atoms with van der Waals surface area (Å²) in [6.45, 7) is 3.08. The van der Waals surface area contributed by atoms with Gasteiger partial charge in [0.25, 0.3) is 0 Å². The van der Waals surface area contributed by atoms with Crippen LogP contribution in [0.5, 0.6) is 0 Å². The summed E-state index contributed by atoms with van der Waals surface area (Å²) in [5.41, 5.74) is 0.856. The number of hydrogen-bond donors (Lipinski definition) is 0. The molecule has 0 bridgehead atoms. The Morgan fingerprint density at radius 3 is 2.00 bits per heavy atom. The second kappa shape index (κ2) is 9.35. The van der Waals surface area contributed by atoms with Crippen LogP contribution in [-0.2, 0) is 10.9 Å². The van der Waals surface area contributed by atoms with E-state index in [1.807, 2.05) is 0 Å². The SMILES string of the molecule is CCCCOC1CCC(C2CCC(c3cnc(C(F)(F)F)nc3)CC2)CC1. The van der Waals surface area contributed by atoms with Crippen LogP contribution in [0.2, 0.25) is 0 Å². The monoisotopic (exact) mass is 384 g/mol. The Hall–Kier alpha value is -1.17. The molecule has 27 heavy (non-hydrogen) atoms.